The third kappa shape index (κ3) is 6.00. The van der Waals surface area contributed by atoms with Crippen molar-refractivity contribution in [2.75, 3.05) is 30.8 Å². The molecule has 0 bridgehead atoms. The van der Waals surface area contributed by atoms with Gasteiger partial charge in [-0.25, -0.2) is 9.97 Å². The van der Waals surface area contributed by atoms with E-state index in [1.165, 1.54) is 29.9 Å². The maximum Gasteiger partial charge on any atom is 0.259 e. The van der Waals surface area contributed by atoms with Gasteiger partial charge in [-0.05, 0) is 92.5 Å². The van der Waals surface area contributed by atoms with Gasteiger partial charge in [0.25, 0.3) is 5.56 Å². The fourth-order valence-corrected chi connectivity index (χ4v) is 5.83. The lowest BCUT2D eigenvalue weighted by Crippen LogP contribution is -2.29. The predicted octanol–water partition coefficient (Wildman–Crippen LogP) is 6.22. The van der Waals surface area contributed by atoms with Crippen LogP contribution < -0.4 is 16.2 Å². The molecule has 0 aliphatic carbocycles. The molecule has 0 radical (unpaired) electrons. The minimum Gasteiger partial charge on any atom is -0.324 e. The number of carbonyl (C=O) groups is 1. The third-order valence-electron chi connectivity index (χ3n) is 7.97. The third-order valence-corrected chi connectivity index (χ3v) is 8.30. The number of fused-ring (bicyclic) bond motifs is 1. The lowest BCUT2D eigenvalue weighted by molar-refractivity contribution is -0.114. The predicted molar refractivity (Wildman–Crippen MR) is 172 cm³/mol. The summed E-state index contributed by atoms with van der Waals surface area (Å²) < 4.78 is 1.51. The number of amides is 1. The molecule has 0 atom stereocenters. The van der Waals surface area contributed by atoms with E-state index < -0.39 is 0 Å². The second-order valence-electron chi connectivity index (χ2n) is 11.0. The normalized spacial score (nSPS) is 14.1. The average Bonchev–Trinajstić information content (AvgIpc) is 3.00. The van der Waals surface area contributed by atoms with Crippen LogP contribution in [0.3, 0.4) is 0 Å². The summed E-state index contributed by atoms with van der Waals surface area (Å²) in [5.74, 6) is 1.20. The van der Waals surface area contributed by atoms with Crippen molar-refractivity contribution in [1.29, 1.82) is 0 Å². The molecule has 10 heteroatoms. The van der Waals surface area contributed by atoms with Crippen LogP contribution in [0.2, 0.25) is 5.02 Å². The molecule has 218 valence electrons. The van der Waals surface area contributed by atoms with E-state index in [2.05, 4.69) is 61.8 Å². The van der Waals surface area contributed by atoms with Crippen LogP contribution in [0.1, 0.15) is 31.2 Å². The van der Waals surface area contributed by atoms with Crippen LogP contribution in [-0.4, -0.2) is 50.5 Å². The number of rotatable bonds is 6. The van der Waals surface area contributed by atoms with Crippen molar-refractivity contribution in [3.63, 3.8) is 0 Å². The number of pyridine rings is 2. The molecule has 4 heterocycles. The lowest BCUT2D eigenvalue weighted by Gasteiger charge is -2.29. The van der Waals surface area contributed by atoms with Gasteiger partial charge in [-0.15, -0.1) is 0 Å². The Morgan fingerprint density at radius 1 is 0.953 bits per heavy atom. The molecule has 43 heavy (non-hydrogen) atoms. The Hall–Kier alpha value is -4.60. The largest absolute Gasteiger partial charge is 0.324 e. The summed E-state index contributed by atoms with van der Waals surface area (Å²) in [6, 6.07) is 19.3. The second-order valence-corrected chi connectivity index (χ2v) is 11.4. The van der Waals surface area contributed by atoms with Crippen molar-refractivity contribution >= 4 is 46.0 Å². The number of aromatic nitrogens is 4. The standard InChI is InChI=1S/C33H32ClN7O2/c1-20(42)37-30-26(5-4-14-35-30)23-8-11-29(34)27(17-23)28-18-24-19-36-33(39-31(24)41(3)32(28)43)38-25-9-6-21(7-10-25)22-12-15-40(2)16-13-22/h4-11,14,17-19,22H,12-13,15-16H2,1-3H3,(H,35,37,42)(H,36,38,39). The fraction of sp³-hybridized carbons (Fsp3) is 0.242. The number of benzene rings is 2. The molecule has 1 aliphatic heterocycles. The number of likely N-dealkylation sites (tertiary alicyclic amines) is 1. The monoisotopic (exact) mass is 593 g/mol. The van der Waals surface area contributed by atoms with E-state index in [4.69, 9.17) is 11.6 Å². The fourth-order valence-electron chi connectivity index (χ4n) is 5.61. The molecule has 0 unspecified atom stereocenters. The number of hydrogen-bond acceptors (Lipinski definition) is 7. The van der Waals surface area contributed by atoms with Gasteiger partial charge in [0.15, 0.2) is 0 Å². The first kappa shape index (κ1) is 28.5. The highest BCUT2D eigenvalue weighted by atomic mass is 35.5. The first-order valence-corrected chi connectivity index (χ1v) is 14.6. The van der Waals surface area contributed by atoms with Crippen molar-refractivity contribution in [3.8, 4) is 22.3 Å². The zero-order chi connectivity index (χ0) is 30.1. The molecule has 1 saturated heterocycles. The zero-order valence-electron chi connectivity index (χ0n) is 24.3. The Balaban J connectivity index is 1.30. The molecular weight excluding hydrogens is 562 g/mol. The van der Waals surface area contributed by atoms with E-state index in [1.54, 1.807) is 37.6 Å². The van der Waals surface area contributed by atoms with Crippen molar-refractivity contribution in [2.24, 2.45) is 7.05 Å². The van der Waals surface area contributed by atoms with Crippen LogP contribution >= 0.6 is 11.6 Å². The van der Waals surface area contributed by atoms with Crippen LogP contribution in [0, 0.1) is 0 Å². The smallest absolute Gasteiger partial charge is 0.259 e. The highest BCUT2D eigenvalue weighted by molar-refractivity contribution is 6.33. The molecule has 2 aromatic carbocycles. The molecular formula is C33H32ClN7O2. The van der Waals surface area contributed by atoms with E-state index in [0.717, 1.165) is 24.3 Å². The van der Waals surface area contributed by atoms with E-state index in [0.29, 0.717) is 50.4 Å². The summed E-state index contributed by atoms with van der Waals surface area (Å²) >= 11 is 6.62. The van der Waals surface area contributed by atoms with Crippen LogP contribution in [-0.2, 0) is 11.8 Å². The summed E-state index contributed by atoms with van der Waals surface area (Å²) in [6.07, 6.45) is 5.65. The quantitative estimate of drug-likeness (QED) is 0.241. The lowest BCUT2D eigenvalue weighted by atomic mass is 9.89. The summed E-state index contributed by atoms with van der Waals surface area (Å²) in [7, 11) is 3.86. The van der Waals surface area contributed by atoms with Gasteiger partial charge in [0.2, 0.25) is 11.9 Å². The molecule has 1 amide bonds. The topological polar surface area (TPSA) is 105 Å². The number of aryl methyl sites for hydroxylation is 1. The first-order chi connectivity index (χ1) is 20.8. The van der Waals surface area contributed by atoms with Crippen molar-refractivity contribution in [1.82, 2.24) is 24.4 Å². The molecule has 0 spiro atoms. The molecule has 1 fully saturated rings. The number of anilines is 3. The molecule has 1 aliphatic rings. The van der Waals surface area contributed by atoms with Crippen molar-refractivity contribution in [2.45, 2.75) is 25.7 Å². The summed E-state index contributed by atoms with van der Waals surface area (Å²) in [5.41, 5.74) is 4.95. The Labute approximate surface area is 254 Å². The number of nitrogens with one attached hydrogen (secondary N) is 2. The van der Waals surface area contributed by atoms with E-state index in [-0.39, 0.29) is 11.5 Å². The van der Waals surface area contributed by atoms with Gasteiger partial charge in [-0.3, -0.25) is 14.2 Å². The SMILES string of the molecule is CC(=O)Nc1ncccc1-c1ccc(Cl)c(-c2cc3cnc(Nc4ccc(C5CCN(C)CC5)cc4)nc3n(C)c2=O)c1. The van der Waals surface area contributed by atoms with Gasteiger partial charge in [-0.2, -0.15) is 4.98 Å². The van der Waals surface area contributed by atoms with Crippen LogP contribution in [0.25, 0.3) is 33.3 Å². The number of nitrogens with zero attached hydrogens (tertiary/aromatic N) is 5. The average molecular weight is 594 g/mol. The molecule has 5 aromatic rings. The van der Waals surface area contributed by atoms with Gasteiger partial charge >= 0.3 is 0 Å². The van der Waals surface area contributed by atoms with Crippen LogP contribution in [0.5, 0.6) is 0 Å². The van der Waals surface area contributed by atoms with Gasteiger partial charge in [0, 0.05) is 59.2 Å². The number of piperidine rings is 1. The maximum atomic E-state index is 13.6. The highest BCUT2D eigenvalue weighted by Crippen LogP contribution is 2.34. The zero-order valence-corrected chi connectivity index (χ0v) is 25.0. The molecule has 0 saturated carbocycles. The van der Waals surface area contributed by atoms with Crippen molar-refractivity contribution in [3.05, 3.63) is 94.0 Å². The van der Waals surface area contributed by atoms with E-state index in [1.807, 2.05) is 18.2 Å². The maximum absolute atomic E-state index is 13.6. The Morgan fingerprint density at radius 3 is 2.47 bits per heavy atom. The van der Waals surface area contributed by atoms with Crippen molar-refractivity contribution < 1.29 is 4.79 Å². The van der Waals surface area contributed by atoms with Gasteiger partial charge in [0.1, 0.15) is 11.5 Å². The second kappa shape index (κ2) is 11.9. The highest BCUT2D eigenvalue weighted by Gasteiger charge is 2.19. The molecule has 9 nitrogen and oxygen atoms in total. The van der Waals surface area contributed by atoms with Gasteiger partial charge < -0.3 is 15.5 Å². The van der Waals surface area contributed by atoms with E-state index in [9.17, 15) is 9.59 Å². The first-order valence-electron chi connectivity index (χ1n) is 14.2. The Kier molecular flexibility index (Phi) is 7.92. The molecule has 3 aromatic heterocycles. The summed E-state index contributed by atoms with van der Waals surface area (Å²) in [6.45, 7) is 3.68. The number of halogens is 1. The minimum absolute atomic E-state index is 0.226. The van der Waals surface area contributed by atoms with Gasteiger partial charge in [0.05, 0.1) is 0 Å². The Morgan fingerprint density at radius 2 is 1.72 bits per heavy atom. The minimum atomic E-state index is -0.244. The molecule has 6 rings (SSSR count). The van der Waals surface area contributed by atoms with Crippen LogP contribution in [0.15, 0.2) is 77.9 Å². The van der Waals surface area contributed by atoms with Crippen LogP contribution in [0.4, 0.5) is 17.5 Å². The Bertz CT molecular complexity index is 1880. The number of hydrogen-bond donors (Lipinski definition) is 2. The summed E-state index contributed by atoms with van der Waals surface area (Å²) in [4.78, 5) is 41.2. The summed E-state index contributed by atoms with van der Waals surface area (Å²) in [5, 5.41) is 7.16. The van der Waals surface area contributed by atoms with Gasteiger partial charge in [-0.1, -0.05) is 29.8 Å². The number of carbonyl (C=O) groups excluding carboxylic acids is 1. The molecule has 2 N–H and O–H groups in total. The van der Waals surface area contributed by atoms with E-state index >= 15 is 0 Å².